The van der Waals surface area contributed by atoms with Crippen LogP contribution in [0.2, 0.25) is 0 Å². The molecule has 0 aliphatic carbocycles. The number of amides is 1. The van der Waals surface area contributed by atoms with Gasteiger partial charge >= 0.3 is 0 Å². The van der Waals surface area contributed by atoms with Crippen molar-refractivity contribution in [3.63, 3.8) is 0 Å². The van der Waals surface area contributed by atoms with Crippen molar-refractivity contribution in [1.82, 2.24) is 4.72 Å². The summed E-state index contributed by atoms with van der Waals surface area (Å²) < 4.78 is 26.2. The summed E-state index contributed by atoms with van der Waals surface area (Å²) in [5, 5.41) is 2.84. The predicted octanol–water partition coefficient (Wildman–Crippen LogP) is 2.14. The maximum Gasteiger partial charge on any atom is 0.234 e. The average molecular weight is 310 g/mol. The molecule has 1 aromatic carbocycles. The number of carbonyl (C=O) groups excluding carboxylic acids is 1. The smallest absolute Gasteiger partial charge is 0.234 e. The van der Waals surface area contributed by atoms with E-state index in [1.165, 1.54) is 0 Å². The minimum Gasteiger partial charge on any atom is -0.325 e. The van der Waals surface area contributed by atoms with Crippen LogP contribution in [0.5, 0.6) is 0 Å². The first-order valence-electron chi connectivity index (χ1n) is 7.18. The zero-order valence-corrected chi connectivity index (χ0v) is 13.5. The van der Waals surface area contributed by atoms with Gasteiger partial charge in [0.15, 0.2) is 0 Å². The molecule has 1 aromatic rings. The number of unbranched alkanes of at least 4 members (excludes halogenated alkanes) is 1. The fourth-order valence-corrected chi connectivity index (χ4v) is 3.53. The second-order valence-electron chi connectivity index (χ2n) is 5.95. The van der Waals surface area contributed by atoms with Crippen LogP contribution in [0.15, 0.2) is 18.2 Å². The maximum atomic E-state index is 11.9. The lowest BCUT2D eigenvalue weighted by atomic mass is 9.85. The summed E-state index contributed by atoms with van der Waals surface area (Å²) in [6.45, 7) is 5.94. The third-order valence-corrected chi connectivity index (χ3v) is 5.25. The first kappa shape index (κ1) is 16.0. The Kier molecular flexibility index (Phi) is 4.39. The number of anilines is 1. The van der Waals surface area contributed by atoms with Gasteiger partial charge in [0.1, 0.15) is 0 Å². The molecule has 2 N–H and O–H groups in total. The van der Waals surface area contributed by atoms with Gasteiger partial charge in [-0.2, -0.15) is 0 Å². The number of rotatable bonds is 6. The molecule has 0 fully saturated rings. The van der Waals surface area contributed by atoms with Crippen LogP contribution < -0.4 is 10.0 Å². The molecule has 0 bridgehead atoms. The van der Waals surface area contributed by atoms with Gasteiger partial charge in [0.05, 0.1) is 11.2 Å². The van der Waals surface area contributed by atoms with Crippen LogP contribution in [-0.2, 0) is 26.8 Å². The van der Waals surface area contributed by atoms with Crippen LogP contribution in [0.1, 0.15) is 44.7 Å². The van der Waals surface area contributed by atoms with Gasteiger partial charge in [-0.3, -0.25) is 4.79 Å². The molecule has 116 valence electrons. The lowest BCUT2D eigenvalue weighted by Crippen LogP contribution is -2.27. The molecule has 0 aromatic heterocycles. The van der Waals surface area contributed by atoms with E-state index in [2.05, 4.69) is 10.0 Å². The van der Waals surface area contributed by atoms with Crippen molar-refractivity contribution in [2.24, 2.45) is 0 Å². The van der Waals surface area contributed by atoms with Crippen molar-refractivity contribution < 1.29 is 13.2 Å². The average Bonchev–Trinajstić information content (AvgIpc) is 2.65. The van der Waals surface area contributed by atoms with E-state index >= 15 is 0 Å². The lowest BCUT2D eigenvalue weighted by Gasteiger charge is -2.16. The molecular formula is C15H22N2O3S. The fourth-order valence-electron chi connectivity index (χ4n) is 2.33. The zero-order valence-electron chi connectivity index (χ0n) is 12.7. The highest BCUT2D eigenvalue weighted by atomic mass is 32.2. The number of benzene rings is 1. The third-order valence-electron chi connectivity index (χ3n) is 3.84. The number of sulfonamides is 1. The quantitative estimate of drug-likeness (QED) is 0.845. The summed E-state index contributed by atoms with van der Waals surface area (Å²) in [6, 6.07) is 5.57. The molecule has 0 atom stereocenters. The molecule has 0 saturated heterocycles. The Morgan fingerprint density at radius 2 is 2.00 bits per heavy atom. The molecule has 2 rings (SSSR count). The summed E-state index contributed by atoms with van der Waals surface area (Å²) in [4.78, 5) is 11.9. The molecule has 1 amide bonds. The van der Waals surface area contributed by atoms with E-state index in [0.29, 0.717) is 6.42 Å². The van der Waals surface area contributed by atoms with E-state index < -0.39 is 15.4 Å². The number of nitrogens with one attached hydrogen (secondary N) is 2. The fraction of sp³-hybridized carbons (Fsp3) is 0.533. The molecular weight excluding hydrogens is 288 g/mol. The highest BCUT2D eigenvalue weighted by Gasteiger charge is 2.38. The van der Waals surface area contributed by atoms with Crippen molar-refractivity contribution in [3.8, 4) is 0 Å². The molecule has 21 heavy (non-hydrogen) atoms. The number of carbonyl (C=O) groups is 1. The molecule has 0 unspecified atom stereocenters. The summed E-state index contributed by atoms with van der Waals surface area (Å²) in [5.41, 5.74) is 2.01. The molecule has 6 heteroatoms. The van der Waals surface area contributed by atoms with E-state index in [9.17, 15) is 13.2 Å². The molecule has 1 aliphatic heterocycles. The Bertz CT molecular complexity index is 651. The Labute approximate surface area is 126 Å². The second-order valence-corrected chi connectivity index (χ2v) is 7.88. The summed E-state index contributed by atoms with van der Waals surface area (Å²) in [5.74, 6) is 0.123. The summed E-state index contributed by atoms with van der Waals surface area (Å²) in [6.07, 6.45) is 1.51. The van der Waals surface area contributed by atoms with Gasteiger partial charge in [-0.15, -0.1) is 0 Å². The van der Waals surface area contributed by atoms with Gasteiger partial charge in [0, 0.05) is 12.2 Å². The Balaban J connectivity index is 2.11. The minimum absolute atomic E-state index is 0.0295. The van der Waals surface area contributed by atoms with Gasteiger partial charge < -0.3 is 5.32 Å². The molecule has 1 aliphatic rings. The van der Waals surface area contributed by atoms with Crippen molar-refractivity contribution in [1.29, 1.82) is 0 Å². The topological polar surface area (TPSA) is 75.3 Å². The van der Waals surface area contributed by atoms with Gasteiger partial charge in [0.25, 0.3) is 0 Å². The van der Waals surface area contributed by atoms with Gasteiger partial charge in [-0.25, -0.2) is 13.1 Å². The minimum atomic E-state index is -3.23. The van der Waals surface area contributed by atoms with Crippen LogP contribution in [0.4, 0.5) is 5.69 Å². The zero-order chi connectivity index (χ0) is 15.7. The van der Waals surface area contributed by atoms with Crippen molar-refractivity contribution >= 4 is 21.6 Å². The number of hydrogen-bond donors (Lipinski definition) is 2. The van der Waals surface area contributed by atoms with Crippen LogP contribution >= 0.6 is 0 Å². The van der Waals surface area contributed by atoms with Crippen LogP contribution in [-0.4, -0.2) is 20.1 Å². The standard InChI is InChI=1S/C15H22N2O3S/c1-4-5-8-21(19,20)16-10-11-6-7-13-12(9-11)15(2,3)14(18)17-13/h6-7,9,16H,4-5,8,10H2,1-3H3,(H,17,18). The van der Waals surface area contributed by atoms with Crippen molar-refractivity contribution in [3.05, 3.63) is 29.3 Å². The Hall–Kier alpha value is -1.40. The van der Waals surface area contributed by atoms with Crippen molar-refractivity contribution in [2.45, 2.75) is 45.6 Å². The molecule has 0 spiro atoms. The monoisotopic (exact) mass is 310 g/mol. The first-order chi connectivity index (χ1) is 9.76. The summed E-state index contributed by atoms with van der Waals surface area (Å²) in [7, 11) is -3.23. The van der Waals surface area contributed by atoms with Crippen LogP contribution in [0.3, 0.4) is 0 Å². The van der Waals surface area contributed by atoms with Gasteiger partial charge in [-0.05, 0) is 37.5 Å². The predicted molar refractivity (Wildman–Crippen MR) is 83.6 cm³/mol. The molecule has 0 radical (unpaired) electrons. The van der Waals surface area contributed by atoms with Gasteiger partial charge in [0.2, 0.25) is 15.9 Å². The van der Waals surface area contributed by atoms with E-state index in [0.717, 1.165) is 23.2 Å². The molecule has 5 nitrogen and oxygen atoms in total. The largest absolute Gasteiger partial charge is 0.325 e. The lowest BCUT2D eigenvalue weighted by molar-refractivity contribution is -0.119. The molecule has 1 heterocycles. The van der Waals surface area contributed by atoms with E-state index in [1.54, 1.807) is 0 Å². The van der Waals surface area contributed by atoms with Crippen molar-refractivity contribution in [2.75, 3.05) is 11.1 Å². The first-order valence-corrected chi connectivity index (χ1v) is 8.83. The van der Waals surface area contributed by atoms with Crippen LogP contribution in [0.25, 0.3) is 0 Å². The second kappa shape index (κ2) is 5.77. The van der Waals surface area contributed by atoms with E-state index in [-0.39, 0.29) is 18.2 Å². The highest BCUT2D eigenvalue weighted by molar-refractivity contribution is 7.89. The van der Waals surface area contributed by atoms with E-state index in [4.69, 9.17) is 0 Å². The maximum absolute atomic E-state index is 11.9. The SMILES string of the molecule is CCCCS(=O)(=O)NCc1ccc2c(c1)C(C)(C)C(=O)N2. The number of hydrogen-bond acceptors (Lipinski definition) is 3. The van der Waals surface area contributed by atoms with Crippen LogP contribution in [0, 0.1) is 0 Å². The Morgan fingerprint density at radius 3 is 2.67 bits per heavy atom. The third kappa shape index (κ3) is 3.44. The van der Waals surface area contributed by atoms with E-state index in [1.807, 2.05) is 39.0 Å². The Morgan fingerprint density at radius 1 is 1.29 bits per heavy atom. The number of fused-ring (bicyclic) bond motifs is 1. The molecule has 0 saturated carbocycles. The normalized spacial score (nSPS) is 16.6. The van der Waals surface area contributed by atoms with Gasteiger partial charge in [-0.1, -0.05) is 25.5 Å². The summed E-state index contributed by atoms with van der Waals surface area (Å²) >= 11 is 0. The highest BCUT2D eigenvalue weighted by Crippen LogP contribution is 2.37.